The highest BCUT2D eigenvalue weighted by atomic mass is 16.5. The summed E-state index contributed by atoms with van der Waals surface area (Å²) in [4.78, 5) is 10.4. The van der Waals surface area contributed by atoms with Crippen LogP contribution in [0.15, 0.2) is 12.1 Å². The minimum absolute atomic E-state index is 0.0990. The van der Waals surface area contributed by atoms with Crippen LogP contribution in [0.25, 0.3) is 0 Å². The second-order valence-corrected chi connectivity index (χ2v) is 2.52. The first-order valence-corrected chi connectivity index (χ1v) is 3.52. The minimum Gasteiger partial charge on any atom is -0.504 e. The highest BCUT2D eigenvalue weighted by Crippen LogP contribution is 2.29. The normalized spacial score (nSPS) is 9.50. The molecule has 0 heterocycles. The maximum Gasteiger partial charge on any atom is 0.168 e. The van der Waals surface area contributed by atoms with Crippen LogP contribution in [0.2, 0.25) is 0 Å². The highest BCUT2D eigenvalue weighted by Gasteiger charge is 2.07. The number of ether oxygens (including phenoxy) is 1. The van der Waals surface area contributed by atoms with Crippen molar-refractivity contribution in [3.63, 3.8) is 0 Å². The van der Waals surface area contributed by atoms with Gasteiger partial charge in [-0.1, -0.05) is 0 Å². The molecule has 0 aromatic heterocycles. The Bertz CT molecular complexity index is 305. The Morgan fingerprint density at radius 3 is 2.67 bits per heavy atom. The molecular formula is C9H10O3. The number of carbonyl (C=O) groups is 1. The van der Waals surface area contributed by atoms with Crippen molar-refractivity contribution in [3.8, 4) is 11.5 Å². The molecule has 0 atom stereocenters. The summed E-state index contributed by atoms with van der Waals surface area (Å²) < 4.78 is 4.86. The van der Waals surface area contributed by atoms with E-state index in [4.69, 9.17) is 4.74 Å². The van der Waals surface area contributed by atoms with Crippen LogP contribution in [0.4, 0.5) is 0 Å². The first-order chi connectivity index (χ1) is 5.69. The molecule has 0 bridgehead atoms. The SMILES string of the molecule is COc1cc(C)cc(C=O)c1O. The van der Waals surface area contributed by atoms with E-state index in [1.54, 1.807) is 12.1 Å². The molecule has 0 saturated carbocycles. The molecule has 1 rings (SSSR count). The highest BCUT2D eigenvalue weighted by molar-refractivity contribution is 5.81. The van der Waals surface area contributed by atoms with Crippen LogP contribution in [0, 0.1) is 6.92 Å². The molecule has 0 spiro atoms. The van der Waals surface area contributed by atoms with E-state index in [0.29, 0.717) is 12.0 Å². The number of methoxy groups -OCH3 is 1. The van der Waals surface area contributed by atoms with Gasteiger partial charge in [-0.15, -0.1) is 0 Å². The fraction of sp³-hybridized carbons (Fsp3) is 0.222. The van der Waals surface area contributed by atoms with Crippen LogP contribution in [0.3, 0.4) is 0 Å². The summed E-state index contributed by atoms with van der Waals surface area (Å²) in [7, 11) is 1.45. The van der Waals surface area contributed by atoms with Crippen molar-refractivity contribution < 1.29 is 14.6 Å². The van der Waals surface area contributed by atoms with Gasteiger partial charge in [-0.05, 0) is 24.6 Å². The van der Waals surface area contributed by atoms with Gasteiger partial charge >= 0.3 is 0 Å². The van der Waals surface area contributed by atoms with Crippen molar-refractivity contribution in [3.05, 3.63) is 23.3 Å². The molecule has 0 saturated heterocycles. The van der Waals surface area contributed by atoms with Gasteiger partial charge in [-0.2, -0.15) is 0 Å². The Morgan fingerprint density at radius 2 is 2.17 bits per heavy atom. The van der Waals surface area contributed by atoms with Gasteiger partial charge < -0.3 is 9.84 Å². The van der Waals surface area contributed by atoms with E-state index in [1.165, 1.54) is 7.11 Å². The van der Waals surface area contributed by atoms with E-state index in [2.05, 4.69) is 0 Å². The lowest BCUT2D eigenvalue weighted by Crippen LogP contribution is -1.89. The van der Waals surface area contributed by atoms with E-state index >= 15 is 0 Å². The van der Waals surface area contributed by atoms with Crippen LogP contribution in [0.5, 0.6) is 11.5 Å². The molecule has 1 aromatic carbocycles. The van der Waals surface area contributed by atoms with Gasteiger partial charge in [0.2, 0.25) is 0 Å². The van der Waals surface area contributed by atoms with Crippen molar-refractivity contribution in [2.24, 2.45) is 0 Å². The zero-order valence-corrected chi connectivity index (χ0v) is 7.00. The number of aldehydes is 1. The topological polar surface area (TPSA) is 46.5 Å². The molecule has 0 aliphatic rings. The van der Waals surface area contributed by atoms with E-state index in [0.717, 1.165) is 5.56 Å². The molecular weight excluding hydrogens is 156 g/mol. The summed E-state index contributed by atoms with van der Waals surface area (Å²) in [6.07, 6.45) is 0.602. The second-order valence-electron chi connectivity index (χ2n) is 2.52. The van der Waals surface area contributed by atoms with E-state index in [1.807, 2.05) is 6.92 Å². The molecule has 12 heavy (non-hydrogen) atoms. The molecule has 0 aliphatic carbocycles. The number of hydrogen-bond donors (Lipinski definition) is 1. The summed E-state index contributed by atoms with van der Waals surface area (Å²) in [5.74, 6) is 0.232. The molecule has 0 unspecified atom stereocenters. The standard InChI is InChI=1S/C9H10O3/c1-6-3-7(5-10)9(11)8(4-6)12-2/h3-5,11H,1-2H3. The number of phenolic OH excluding ortho intramolecular Hbond substituents is 1. The third-order valence-corrected chi connectivity index (χ3v) is 1.60. The number of phenols is 1. The lowest BCUT2D eigenvalue weighted by molar-refractivity contribution is 0.112. The maximum absolute atomic E-state index is 10.4. The van der Waals surface area contributed by atoms with E-state index in [-0.39, 0.29) is 11.3 Å². The van der Waals surface area contributed by atoms with Crippen LogP contribution < -0.4 is 4.74 Å². The average Bonchev–Trinajstić information content (AvgIpc) is 2.08. The number of aryl methyl sites for hydroxylation is 1. The van der Waals surface area contributed by atoms with Crippen molar-refractivity contribution in [2.45, 2.75) is 6.92 Å². The first kappa shape index (κ1) is 8.59. The second kappa shape index (κ2) is 3.26. The molecule has 0 radical (unpaired) electrons. The van der Waals surface area contributed by atoms with Gasteiger partial charge in [0, 0.05) is 0 Å². The molecule has 1 aromatic rings. The van der Waals surface area contributed by atoms with Crippen molar-refractivity contribution in [1.29, 1.82) is 0 Å². The third-order valence-electron chi connectivity index (χ3n) is 1.60. The van der Waals surface area contributed by atoms with Crippen molar-refractivity contribution in [2.75, 3.05) is 7.11 Å². The Hall–Kier alpha value is -1.51. The smallest absolute Gasteiger partial charge is 0.168 e. The number of benzene rings is 1. The minimum atomic E-state index is -0.0990. The Labute approximate surface area is 70.6 Å². The van der Waals surface area contributed by atoms with Crippen LogP contribution >= 0.6 is 0 Å². The number of aromatic hydroxyl groups is 1. The van der Waals surface area contributed by atoms with Crippen LogP contribution in [0.1, 0.15) is 15.9 Å². The zero-order chi connectivity index (χ0) is 9.14. The van der Waals surface area contributed by atoms with E-state index in [9.17, 15) is 9.90 Å². The Balaban J connectivity index is 3.31. The predicted molar refractivity (Wildman–Crippen MR) is 44.8 cm³/mol. The molecule has 1 N–H and O–H groups in total. The maximum atomic E-state index is 10.4. The van der Waals surface area contributed by atoms with Gasteiger partial charge in [-0.3, -0.25) is 4.79 Å². The van der Waals surface area contributed by atoms with Gasteiger partial charge in [0.05, 0.1) is 12.7 Å². The van der Waals surface area contributed by atoms with Crippen molar-refractivity contribution in [1.82, 2.24) is 0 Å². The molecule has 3 heteroatoms. The average molecular weight is 166 g/mol. The Kier molecular flexibility index (Phi) is 2.33. The zero-order valence-electron chi connectivity index (χ0n) is 7.00. The van der Waals surface area contributed by atoms with Gasteiger partial charge in [0.25, 0.3) is 0 Å². The lowest BCUT2D eigenvalue weighted by Gasteiger charge is -2.05. The molecule has 64 valence electrons. The number of carbonyl (C=O) groups excluding carboxylic acids is 1. The van der Waals surface area contributed by atoms with Crippen LogP contribution in [-0.4, -0.2) is 18.5 Å². The largest absolute Gasteiger partial charge is 0.504 e. The molecule has 3 nitrogen and oxygen atoms in total. The molecule has 0 fully saturated rings. The number of rotatable bonds is 2. The predicted octanol–water partition coefficient (Wildman–Crippen LogP) is 1.52. The first-order valence-electron chi connectivity index (χ1n) is 3.52. The fourth-order valence-corrected chi connectivity index (χ4v) is 1.02. The third kappa shape index (κ3) is 1.39. The summed E-state index contributed by atoms with van der Waals surface area (Å²) in [6, 6.07) is 3.27. The molecule has 0 aliphatic heterocycles. The van der Waals surface area contributed by atoms with E-state index < -0.39 is 0 Å². The Morgan fingerprint density at radius 1 is 1.50 bits per heavy atom. The quantitative estimate of drug-likeness (QED) is 0.677. The monoisotopic (exact) mass is 166 g/mol. The van der Waals surface area contributed by atoms with Crippen LogP contribution in [-0.2, 0) is 0 Å². The fourth-order valence-electron chi connectivity index (χ4n) is 1.02. The lowest BCUT2D eigenvalue weighted by atomic mass is 10.1. The summed E-state index contributed by atoms with van der Waals surface area (Å²) in [5, 5.41) is 9.36. The number of hydrogen-bond acceptors (Lipinski definition) is 3. The molecule has 0 amide bonds. The van der Waals surface area contributed by atoms with Gasteiger partial charge in [0.1, 0.15) is 0 Å². The van der Waals surface area contributed by atoms with Gasteiger partial charge in [-0.25, -0.2) is 0 Å². The summed E-state index contributed by atoms with van der Waals surface area (Å²) in [5.41, 5.74) is 1.14. The summed E-state index contributed by atoms with van der Waals surface area (Å²) >= 11 is 0. The van der Waals surface area contributed by atoms with Crippen molar-refractivity contribution >= 4 is 6.29 Å². The van der Waals surface area contributed by atoms with Gasteiger partial charge in [0.15, 0.2) is 17.8 Å². The summed E-state index contributed by atoms with van der Waals surface area (Å²) in [6.45, 7) is 1.83.